The second kappa shape index (κ2) is 5.35. The van der Waals surface area contributed by atoms with Gasteiger partial charge in [-0.2, -0.15) is 0 Å². The Bertz CT molecular complexity index is 219. The molecule has 0 fully saturated rings. The molecular formula is C10H18N2S. The van der Waals surface area contributed by atoms with Gasteiger partial charge in [0.05, 0.1) is 6.04 Å². The lowest BCUT2D eigenvalue weighted by Crippen LogP contribution is -2.26. The van der Waals surface area contributed by atoms with Crippen LogP contribution in [0.25, 0.3) is 0 Å². The quantitative estimate of drug-likeness (QED) is 0.787. The number of aromatic nitrogens is 1. The summed E-state index contributed by atoms with van der Waals surface area (Å²) in [6, 6.07) is 0.431. The number of thiazole rings is 1. The van der Waals surface area contributed by atoms with Crippen LogP contribution in [0.15, 0.2) is 11.6 Å². The molecule has 1 rings (SSSR count). The van der Waals surface area contributed by atoms with Crippen molar-refractivity contribution in [3.8, 4) is 0 Å². The van der Waals surface area contributed by atoms with Gasteiger partial charge >= 0.3 is 0 Å². The van der Waals surface area contributed by atoms with Crippen molar-refractivity contribution in [2.24, 2.45) is 5.92 Å². The lowest BCUT2D eigenvalue weighted by Gasteiger charge is -2.19. The van der Waals surface area contributed by atoms with Crippen molar-refractivity contribution in [2.45, 2.75) is 33.2 Å². The molecule has 1 aromatic rings. The fraction of sp³-hybridized carbons (Fsp3) is 0.700. The van der Waals surface area contributed by atoms with E-state index in [9.17, 15) is 0 Å². The van der Waals surface area contributed by atoms with Crippen molar-refractivity contribution >= 4 is 11.3 Å². The molecule has 0 aliphatic heterocycles. The Kier molecular flexibility index (Phi) is 4.39. The van der Waals surface area contributed by atoms with E-state index in [0.717, 1.165) is 6.54 Å². The summed E-state index contributed by atoms with van der Waals surface area (Å²) in [6.07, 6.45) is 3.05. The maximum atomic E-state index is 4.35. The highest BCUT2D eigenvalue weighted by atomic mass is 32.1. The third-order valence-corrected chi connectivity index (χ3v) is 2.86. The fourth-order valence-corrected chi connectivity index (χ4v) is 2.18. The minimum absolute atomic E-state index is 0.431. The first kappa shape index (κ1) is 10.7. The van der Waals surface area contributed by atoms with Gasteiger partial charge in [0, 0.05) is 11.6 Å². The summed E-state index contributed by atoms with van der Waals surface area (Å²) < 4.78 is 0. The largest absolute Gasteiger partial charge is 0.308 e. The molecule has 0 radical (unpaired) electrons. The molecule has 3 heteroatoms. The van der Waals surface area contributed by atoms with Gasteiger partial charge in [-0.05, 0) is 18.9 Å². The zero-order valence-corrected chi connectivity index (χ0v) is 9.40. The Morgan fingerprint density at radius 1 is 1.54 bits per heavy atom. The number of hydrogen-bond donors (Lipinski definition) is 1. The third-order valence-electron chi connectivity index (χ3n) is 2.00. The topological polar surface area (TPSA) is 24.9 Å². The summed E-state index contributed by atoms with van der Waals surface area (Å²) in [4.78, 5) is 4.35. The van der Waals surface area contributed by atoms with Gasteiger partial charge in [-0.15, -0.1) is 11.3 Å². The van der Waals surface area contributed by atoms with E-state index >= 15 is 0 Å². The van der Waals surface area contributed by atoms with Gasteiger partial charge < -0.3 is 5.32 Å². The second-order valence-corrected chi connectivity index (χ2v) is 4.47. The zero-order valence-electron chi connectivity index (χ0n) is 8.58. The van der Waals surface area contributed by atoms with Crippen molar-refractivity contribution in [3.05, 3.63) is 16.6 Å². The molecule has 1 N–H and O–H groups in total. The van der Waals surface area contributed by atoms with Gasteiger partial charge in [0.1, 0.15) is 5.01 Å². The van der Waals surface area contributed by atoms with Gasteiger partial charge in [-0.1, -0.05) is 20.8 Å². The molecule has 1 aromatic heterocycles. The molecule has 0 aliphatic carbocycles. The van der Waals surface area contributed by atoms with Crippen LogP contribution >= 0.6 is 11.3 Å². The Morgan fingerprint density at radius 3 is 2.77 bits per heavy atom. The van der Waals surface area contributed by atoms with Crippen molar-refractivity contribution in [2.75, 3.05) is 6.54 Å². The number of nitrogens with zero attached hydrogens (tertiary/aromatic N) is 1. The molecule has 0 aromatic carbocycles. The smallest absolute Gasteiger partial charge is 0.110 e. The van der Waals surface area contributed by atoms with E-state index in [2.05, 4.69) is 31.1 Å². The van der Waals surface area contributed by atoms with Crippen molar-refractivity contribution < 1.29 is 0 Å². The van der Waals surface area contributed by atoms with Crippen LogP contribution in [0.5, 0.6) is 0 Å². The normalized spacial score (nSPS) is 13.5. The summed E-state index contributed by atoms with van der Waals surface area (Å²) in [7, 11) is 0. The van der Waals surface area contributed by atoms with Gasteiger partial charge in [0.2, 0.25) is 0 Å². The van der Waals surface area contributed by atoms with Gasteiger partial charge in [-0.25, -0.2) is 4.98 Å². The first-order valence-corrected chi connectivity index (χ1v) is 5.76. The number of nitrogens with one attached hydrogen (secondary N) is 1. The van der Waals surface area contributed by atoms with E-state index in [1.165, 1.54) is 11.4 Å². The molecular weight excluding hydrogens is 180 g/mol. The van der Waals surface area contributed by atoms with E-state index in [1.54, 1.807) is 11.3 Å². The molecule has 2 nitrogen and oxygen atoms in total. The van der Waals surface area contributed by atoms with Crippen LogP contribution in [0.1, 0.15) is 38.2 Å². The Labute approximate surface area is 84.4 Å². The first-order valence-electron chi connectivity index (χ1n) is 4.88. The molecule has 0 saturated carbocycles. The van der Waals surface area contributed by atoms with E-state index < -0.39 is 0 Å². The summed E-state index contributed by atoms with van der Waals surface area (Å²) in [5.41, 5.74) is 0. The summed E-state index contributed by atoms with van der Waals surface area (Å²) in [5.74, 6) is 0.609. The molecule has 0 spiro atoms. The molecule has 1 unspecified atom stereocenters. The maximum absolute atomic E-state index is 4.35. The lowest BCUT2D eigenvalue weighted by atomic mass is 10.1. The van der Waals surface area contributed by atoms with Gasteiger partial charge in [-0.3, -0.25) is 0 Å². The number of hydrogen-bond acceptors (Lipinski definition) is 3. The van der Waals surface area contributed by atoms with Crippen LogP contribution in [0, 0.1) is 5.92 Å². The molecule has 0 amide bonds. The second-order valence-electron chi connectivity index (χ2n) is 3.55. The summed E-state index contributed by atoms with van der Waals surface area (Å²) in [6.45, 7) is 7.72. The van der Waals surface area contributed by atoms with Crippen molar-refractivity contribution in [3.63, 3.8) is 0 Å². The molecule has 0 aliphatic rings. The monoisotopic (exact) mass is 198 g/mol. The van der Waals surface area contributed by atoms with Crippen LogP contribution in [-0.4, -0.2) is 11.5 Å². The van der Waals surface area contributed by atoms with Gasteiger partial charge in [0.15, 0.2) is 0 Å². The van der Waals surface area contributed by atoms with Crippen molar-refractivity contribution in [1.29, 1.82) is 0 Å². The lowest BCUT2D eigenvalue weighted by molar-refractivity contribution is 0.411. The van der Waals surface area contributed by atoms with E-state index in [-0.39, 0.29) is 0 Å². The summed E-state index contributed by atoms with van der Waals surface area (Å²) in [5, 5.41) is 6.77. The van der Waals surface area contributed by atoms with E-state index in [1.807, 2.05) is 11.6 Å². The Balaban J connectivity index is 2.58. The molecule has 1 atom stereocenters. The third kappa shape index (κ3) is 3.08. The minimum atomic E-state index is 0.431. The molecule has 13 heavy (non-hydrogen) atoms. The predicted octanol–water partition coefficient (Wildman–Crippen LogP) is 2.84. The summed E-state index contributed by atoms with van der Waals surface area (Å²) >= 11 is 1.74. The molecule has 74 valence electrons. The Hall–Kier alpha value is -0.410. The SMILES string of the molecule is CCCNC(c1nccs1)C(C)C. The van der Waals surface area contributed by atoms with Crippen LogP contribution in [-0.2, 0) is 0 Å². The highest BCUT2D eigenvalue weighted by molar-refractivity contribution is 7.09. The molecule has 0 saturated heterocycles. The molecule has 0 bridgehead atoms. The number of rotatable bonds is 5. The van der Waals surface area contributed by atoms with E-state index in [4.69, 9.17) is 0 Å². The molecule has 1 heterocycles. The van der Waals surface area contributed by atoms with Crippen LogP contribution in [0.2, 0.25) is 0 Å². The first-order chi connectivity index (χ1) is 6.25. The zero-order chi connectivity index (χ0) is 9.68. The van der Waals surface area contributed by atoms with Crippen molar-refractivity contribution in [1.82, 2.24) is 10.3 Å². The highest BCUT2D eigenvalue weighted by Crippen LogP contribution is 2.22. The predicted molar refractivity (Wildman–Crippen MR) is 58.0 cm³/mol. The minimum Gasteiger partial charge on any atom is -0.308 e. The van der Waals surface area contributed by atoms with Crippen LogP contribution < -0.4 is 5.32 Å². The van der Waals surface area contributed by atoms with Gasteiger partial charge in [0.25, 0.3) is 0 Å². The Morgan fingerprint density at radius 2 is 2.31 bits per heavy atom. The standard InChI is InChI=1S/C10H18N2S/c1-4-5-11-9(8(2)3)10-12-6-7-13-10/h6-9,11H,4-5H2,1-3H3. The van der Waals surface area contributed by atoms with Crippen LogP contribution in [0.4, 0.5) is 0 Å². The average Bonchev–Trinajstić information content (AvgIpc) is 2.57. The highest BCUT2D eigenvalue weighted by Gasteiger charge is 2.16. The van der Waals surface area contributed by atoms with E-state index in [0.29, 0.717) is 12.0 Å². The van der Waals surface area contributed by atoms with Crippen LogP contribution in [0.3, 0.4) is 0 Å². The fourth-order valence-electron chi connectivity index (χ4n) is 1.30. The average molecular weight is 198 g/mol. The maximum Gasteiger partial charge on any atom is 0.110 e.